The summed E-state index contributed by atoms with van der Waals surface area (Å²) in [7, 11) is 0. The first-order valence-corrected chi connectivity index (χ1v) is 6.80. The van der Waals surface area contributed by atoms with Crippen molar-refractivity contribution in [1.29, 1.82) is 0 Å². The molecule has 0 amide bonds. The number of hydrogen-bond donors (Lipinski definition) is 1. The number of anilines is 1. The molecule has 1 saturated carbocycles. The summed E-state index contributed by atoms with van der Waals surface area (Å²) >= 11 is 0. The van der Waals surface area contributed by atoms with E-state index in [1.165, 1.54) is 32.1 Å². The van der Waals surface area contributed by atoms with Gasteiger partial charge in [-0.2, -0.15) is 5.10 Å². The van der Waals surface area contributed by atoms with Gasteiger partial charge in [0.05, 0.1) is 11.7 Å². The van der Waals surface area contributed by atoms with Crippen molar-refractivity contribution in [1.82, 2.24) is 9.78 Å². The molecular weight excluding hydrogens is 210 g/mol. The molecule has 0 aromatic carbocycles. The minimum absolute atomic E-state index is 0.276. The van der Waals surface area contributed by atoms with Crippen molar-refractivity contribution in [3.8, 4) is 0 Å². The highest BCUT2D eigenvalue weighted by atomic mass is 15.3. The molecule has 96 valence electrons. The highest BCUT2D eigenvalue weighted by molar-refractivity contribution is 5.32. The predicted octanol–water partition coefficient (Wildman–Crippen LogP) is 3.56. The predicted molar refractivity (Wildman–Crippen MR) is 71.9 cm³/mol. The van der Waals surface area contributed by atoms with Crippen LogP contribution in [0.1, 0.15) is 64.6 Å². The van der Waals surface area contributed by atoms with Crippen LogP contribution in [0, 0.1) is 5.41 Å². The Morgan fingerprint density at radius 3 is 2.53 bits per heavy atom. The molecule has 0 radical (unpaired) electrons. The third-order valence-electron chi connectivity index (χ3n) is 3.45. The lowest BCUT2D eigenvalue weighted by Crippen LogP contribution is -2.17. The largest absolute Gasteiger partial charge is 0.384 e. The first kappa shape index (κ1) is 12.5. The third-order valence-corrected chi connectivity index (χ3v) is 3.45. The van der Waals surface area contributed by atoms with Crippen LogP contribution in [0.15, 0.2) is 6.07 Å². The maximum absolute atomic E-state index is 6.09. The van der Waals surface area contributed by atoms with E-state index >= 15 is 0 Å². The molecule has 0 unspecified atom stereocenters. The van der Waals surface area contributed by atoms with Crippen LogP contribution in [0.5, 0.6) is 0 Å². The molecule has 0 bridgehead atoms. The minimum Gasteiger partial charge on any atom is -0.384 e. The molecule has 0 aliphatic heterocycles. The maximum atomic E-state index is 6.09. The van der Waals surface area contributed by atoms with Crippen molar-refractivity contribution >= 4 is 5.82 Å². The molecule has 1 aromatic heterocycles. The summed E-state index contributed by atoms with van der Waals surface area (Å²) in [5.74, 6) is 0.844. The van der Waals surface area contributed by atoms with E-state index in [1.807, 2.05) is 0 Å². The van der Waals surface area contributed by atoms with Crippen molar-refractivity contribution in [2.24, 2.45) is 5.41 Å². The van der Waals surface area contributed by atoms with Crippen LogP contribution in [0.25, 0.3) is 0 Å². The van der Waals surface area contributed by atoms with Gasteiger partial charge in [-0.1, -0.05) is 40.0 Å². The van der Waals surface area contributed by atoms with E-state index in [4.69, 9.17) is 10.8 Å². The molecule has 3 nitrogen and oxygen atoms in total. The Morgan fingerprint density at radius 2 is 1.94 bits per heavy atom. The monoisotopic (exact) mass is 235 g/mol. The molecule has 0 spiro atoms. The normalized spacial score (nSPS) is 18.5. The molecule has 1 aromatic rings. The second kappa shape index (κ2) is 4.71. The topological polar surface area (TPSA) is 43.8 Å². The number of nitrogen functional groups attached to an aromatic ring is 1. The summed E-state index contributed by atoms with van der Waals surface area (Å²) in [6.45, 7) is 6.72. The lowest BCUT2D eigenvalue weighted by molar-refractivity contribution is 0.328. The molecule has 3 heteroatoms. The van der Waals surface area contributed by atoms with E-state index in [0.29, 0.717) is 6.04 Å². The van der Waals surface area contributed by atoms with Crippen molar-refractivity contribution in [3.05, 3.63) is 11.8 Å². The second-order valence-corrected chi connectivity index (χ2v) is 6.53. The molecule has 1 aliphatic carbocycles. The van der Waals surface area contributed by atoms with Crippen molar-refractivity contribution in [2.45, 2.75) is 65.3 Å². The van der Waals surface area contributed by atoms with Crippen LogP contribution >= 0.6 is 0 Å². The molecule has 1 fully saturated rings. The van der Waals surface area contributed by atoms with Gasteiger partial charge < -0.3 is 5.73 Å². The smallest absolute Gasteiger partial charge is 0.122 e. The maximum Gasteiger partial charge on any atom is 0.122 e. The van der Waals surface area contributed by atoms with Crippen LogP contribution in [0.3, 0.4) is 0 Å². The Hall–Kier alpha value is -0.990. The number of nitrogens with two attached hydrogens (primary N) is 1. The molecule has 2 N–H and O–H groups in total. The van der Waals surface area contributed by atoms with Gasteiger partial charge in [0, 0.05) is 6.07 Å². The van der Waals surface area contributed by atoms with Gasteiger partial charge in [0.25, 0.3) is 0 Å². The summed E-state index contributed by atoms with van der Waals surface area (Å²) in [4.78, 5) is 0. The van der Waals surface area contributed by atoms with Crippen LogP contribution in [0.2, 0.25) is 0 Å². The summed E-state index contributed by atoms with van der Waals surface area (Å²) in [6.07, 6.45) is 7.47. The molecule has 1 aliphatic rings. The van der Waals surface area contributed by atoms with E-state index in [1.54, 1.807) is 0 Å². The van der Waals surface area contributed by atoms with Crippen LogP contribution in [0.4, 0.5) is 5.82 Å². The number of nitrogens with zero attached hydrogens (tertiary/aromatic N) is 2. The molecule has 0 atom stereocenters. The van der Waals surface area contributed by atoms with E-state index in [-0.39, 0.29) is 5.41 Å². The van der Waals surface area contributed by atoms with Gasteiger partial charge in [0.1, 0.15) is 5.82 Å². The van der Waals surface area contributed by atoms with Crippen LogP contribution in [-0.4, -0.2) is 9.78 Å². The fraction of sp³-hybridized carbons (Fsp3) is 0.786. The standard InChI is InChI=1S/C14H25N3/c1-14(2,3)10-11-9-13(15)17(16-11)12-7-5-4-6-8-12/h9,12H,4-8,10,15H2,1-3H3. The highest BCUT2D eigenvalue weighted by Crippen LogP contribution is 2.30. The first-order chi connectivity index (χ1) is 7.96. The quantitative estimate of drug-likeness (QED) is 0.851. The SMILES string of the molecule is CC(C)(C)Cc1cc(N)n(C2CCCCC2)n1. The van der Waals surface area contributed by atoms with E-state index in [2.05, 4.69) is 31.5 Å². The first-order valence-electron chi connectivity index (χ1n) is 6.80. The van der Waals surface area contributed by atoms with E-state index in [0.717, 1.165) is 17.9 Å². The summed E-state index contributed by atoms with van der Waals surface area (Å²) < 4.78 is 2.07. The zero-order valence-corrected chi connectivity index (χ0v) is 11.4. The van der Waals surface area contributed by atoms with Gasteiger partial charge >= 0.3 is 0 Å². The minimum atomic E-state index is 0.276. The Labute approximate surface area is 104 Å². The van der Waals surface area contributed by atoms with Crippen LogP contribution < -0.4 is 5.73 Å². The van der Waals surface area contributed by atoms with Gasteiger partial charge in [-0.25, -0.2) is 4.68 Å². The average molecular weight is 235 g/mol. The Bertz CT molecular complexity index is 367. The fourth-order valence-corrected chi connectivity index (χ4v) is 2.71. The van der Waals surface area contributed by atoms with Crippen LogP contribution in [-0.2, 0) is 6.42 Å². The highest BCUT2D eigenvalue weighted by Gasteiger charge is 2.20. The Balaban J connectivity index is 2.12. The zero-order chi connectivity index (χ0) is 12.5. The Kier molecular flexibility index (Phi) is 3.45. The molecular formula is C14H25N3. The lowest BCUT2D eigenvalue weighted by Gasteiger charge is -2.23. The van der Waals surface area contributed by atoms with Gasteiger partial charge in [-0.05, 0) is 24.7 Å². The van der Waals surface area contributed by atoms with Crippen molar-refractivity contribution < 1.29 is 0 Å². The number of hydrogen-bond acceptors (Lipinski definition) is 2. The zero-order valence-electron chi connectivity index (χ0n) is 11.4. The molecule has 2 rings (SSSR count). The fourth-order valence-electron chi connectivity index (χ4n) is 2.71. The van der Waals surface area contributed by atoms with Crippen molar-refractivity contribution in [3.63, 3.8) is 0 Å². The van der Waals surface area contributed by atoms with E-state index in [9.17, 15) is 0 Å². The third kappa shape index (κ3) is 3.24. The summed E-state index contributed by atoms with van der Waals surface area (Å²) in [5, 5.41) is 4.71. The molecule has 17 heavy (non-hydrogen) atoms. The summed E-state index contributed by atoms with van der Waals surface area (Å²) in [5.41, 5.74) is 7.51. The average Bonchev–Trinajstić information content (AvgIpc) is 2.58. The lowest BCUT2D eigenvalue weighted by atomic mass is 9.91. The Morgan fingerprint density at radius 1 is 1.29 bits per heavy atom. The molecule has 1 heterocycles. The van der Waals surface area contributed by atoms with Gasteiger partial charge in [-0.3, -0.25) is 0 Å². The number of rotatable bonds is 2. The van der Waals surface area contributed by atoms with Gasteiger partial charge in [0.2, 0.25) is 0 Å². The molecule has 0 saturated heterocycles. The second-order valence-electron chi connectivity index (χ2n) is 6.53. The summed E-state index contributed by atoms with van der Waals surface area (Å²) in [6, 6.07) is 2.59. The van der Waals surface area contributed by atoms with Gasteiger partial charge in [-0.15, -0.1) is 0 Å². The van der Waals surface area contributed by atoms with Gasteiger partial charge in [0.15, 0.2) is 0 Å². The van der Waals surface area contributed by atoms with E-state index < -0.39 is 0 Å². The van der Waals surface area contributed by atoms with Crippen molar-refractivity contribution in [2.75, 3.05) is 5.73 Å². The number of aromatic nitrogens is 2.